The lowest BCUT2D eigenvalue weighted by Gasteiger charge is -2.41. The Hall–Kier alpha value is -5.67. The van der Waals surface area contributed by atoms with E-state index < -0.39 is 89.0 Å². The molecule has 416 valence electrons. The highest BCUT2D eigenvalue weighted by Gasteiger charge is 2.37. The van der Waals surface area contributed by atoms with E-state index in [0.717, 1.165) is 47.3 Å². The number of aromatic nitrogens is 1. The number of nitrogens with one attached hydrogen (secondary N) is 3. The van der Waals surface area contributed by atoms with Gasteiger partial charge in [-0.1, -0.05) is 51.1 Å². The van der Waals surface area contributed by atoms with Crippen LogP contribution in [0.4, 0.5) is 8.78 Å². The first-order chi connectivity index (χ1) is 35.7. The molecule has 21 nitrogen and oxygen atoms in total. The van der Waals surface area contributed by atoms with Crippen LogP contribution in [0.25, 0.3) is 11.1 Å². The van der Waals surface area contributed by atoms with E-state index in [9.17, 15) is 48.2 Å². The lowest BCUT2D eigenvalue weighted by Crippen LogP contribution is -2.45. The van der Waals surface area contributed by atoms with Crippen LogP contribution in [0.1, 0.15) is 57.3 Å². The molecule has 0 aliphatic rings. The van der Waals surface area contributed by atoms with Gasteiger partial charge in [-0.25, -0.2) is 13.6 Å². The maximum atomic E-state index is 15.2. The molecular formula is C50H71F2N7O14S2. The normalized spacial score (nSPS) is 13.1. The number of benzene rings is 2. The number of carbonyl (C=O) groups is 7. The van der Waals surface area contributed by atoms with Crippen molar-refractivity contribution < 1.29 is 76.6 Å². The van der Waals surface area contributed by atoms with Gasteiger partial charge < -0.3 is 71.2 Å². The molecule has 25 heteroatoms. The summed E-state index contributed by atoms with van der Waals surface area (Å²) in [6, 6.07) is 11.5. The molecule has 4 amide bonds. The number of amides is 4. The third kappa shape index (κ3) is 24.3. The van der Waals surface area contributed by atoms with Gasteiger partial charge >= 0.3 is 17.9 Å². The zero-order valence-electron chi connectivity index (χ0n) is 42.5. The Labute approximate surface area is 443 Å². The molecule has 0 radical (unpaired) electrons. The quantitative estimate of drug-likeness (QED) is 0.0383. The first-order valence-corrected chi connectivity index (χ1v) is 26.4. The molecule has 1 heterocycles. The fourth-order valence-electron chi connectivity index (χ4n) is 7.24. The van der Waals surface area contributed by atoms with Gasteiger partial charge in [0, 0.05) is 67.0 Å². The van der Waals surface area contributed by atoms with Crippen LogP contribution in [0.5, 0.6) is 0 Å². The highest BCUT2D eigenvalue weighted by molar-refractivity contribution is 8.00. The van der Waals surface area contributed by atoms with Crippen molar-refractivity contribution in [2.24, 2.45) is 16.9 Å². The molecule has 0 aliphatic carbocycles. The topological polar surface area (TPSA) is 313 Å². The smallest absolute Gasteiger partial charge is 0.327 e. The van der Waals surface area contributed by atoms with Crippen LogP contribution in [0.3, 0.4) is 0 Å². The van der Waals surface area contributed by atoms with Crippen LogP contribution in [-0.4, -0.2) is 180 Å². The molecule has 0 fully saturated rings. The molecule has 0 bridgehead atoms. The second-order valence-corrected chi connectivity index (χ2v) is 20.3. The average molecular weight is 1100 g/mol. The number of rotatable bonds is 38. The van der Waals surface area contributed by atoms with Gasteiger partial charge in [0.25, 0.3) is 0 Å². The van der Waals surface area contributed by atoms with Crippen molar-refractivity contribution in [2.75, 3.05) is 96.3 Å². The molecule has 0 saturated heterocycles. The number of carboxylic acid groups (broad SMARTS) is 3. The van der Waals surface area contributed by atoms with E-state index in [1.54, 1.807) is 17.2 Å². The summed E-state index contributed by atoms with van der Waals surface area (Å²) in [6.07, 6.45) is 1.63. The Bertz CT molecular complexity index is 2290. The minimum atomic E-state index is -1.31. The lowest BCUT2D eigenvalue weighted by molar-refractivity contribution is -0.141. The second kappa shape index (κ2) is 34.1. The van der Waals surface area contributed by atoms with Gasteiger partial charge in [0.2, 0.25) is 23.6 Å². The first-order valence-electron chi connectivity index (χ1n) is 24.2. The summed E-state index contributed by atoms with van der Waals surface area (Å²) in [5.74, 6) is -7.56. The van der Waals surface area contributed by atoms with Crippen LogP contribution in [0.2, 0.25) is 0 Å². The van der Waals surface area contributed by atoms with Crippen molar-refractivity contribution >= 4 is 65.1 Å². The fraction of sp³-hybridized carbons (Fsp3) is 0.540. The SMILES string of the molecule is CC(C)(C)[C@H](c1cc(-c2cc(F)ccc2F)cn1Cc1ccccc1)N(CCCN)C(=O)CSC[C@H](NC(=O)CCOCCOCCOCCOCCNC(=O)CNC(=O)C[C@@H](SC[C@H](N)C(=O)O)C(=O)O)C(=O)O. The minimum Gasteiger partial charge on any atom is -0.480 e. The van der Waals surface area contributed by atoms with E-state index in [4.69, 9.17) is 35.5 Å². The average Bonchev–Trinajstić information content (AvgIpc) is 3.76. The van der Waals surface area contributed by atoms with Crippen molar-refractivity contribution in [3.05, 3.63) is 83.7 Å². The Morgan fingerprint density at radius 3 is 2.01 bits per heavy atom. The number of ether oxygens (including phenoxy) is 4. The number of thioether (sulfide) groups is 2. The lowest BCUT2D eigenvalue weighted by atomic mass is 9.83. The van der Waals surface area contributed by atoms with E-state index in [2.05, 4.69) is 16.0 Å². The van der Waals surface area contributed by atoms with Crippen molar-refractivity contribution in [1.82, 2.24) is 25.4 Å². The molecule has 75 heavy (non-hydrogen) atoms. The number of carbonyl (C=O) groups excluding carboxylic acids is 4. The number of aliphatic carboxylic acids is 3. The van der Waals surface area contributed by atoms with E-state index in [1.807, 2.05) is 55.7 Å². The summed E-state index contributed by atoms with van der Waals surface area (Å²) in [4.78, 5) is 87.1. The van der Waals surface area contributed by atoms with Crippen LogP contribution in [-0.2, 0) is 59.1 Å². The molecule has 0 aliphatic heterocycles. The minimum absolute atomic E-state index is 0.0000741. The van der Waals surface area contributed by atoms with Crippen molar-refractivity contribution in [2.45, 2.75) is 70.0 Å². The molecule has 3 aromatic rings. The number of nitrogens with zero attached hydrogens (tertiary/aromatic N) is 2. The van der Waals surface area contributed by atoms with Crippen molar-refractivity contribution in [1.29, 1.82) is 0 Å². The zero-order valence-corrected chi connectivity index (χ0v) is 44.1. The summed E-state index contributed by atoms with van der Waals surface area (Å²) >= 11 is 1.78. The summed E-state index contributed by atoms with van der Waals surface area (Å²) in [5, 5.41) is 34.2. The Morgan fingerprint density at radius 2 is 1.41 bits per heavy atom. The predicted molar refractivity (Wildman–Crippen MR) is 278 cm³/mol. The van der Waals surface area contributed by atoms with Gasteiger partial charge in [0.15, 0.2) is 0 Å². The fourth-order valence-corrected chi connectivity index (χ4v) is 9.15. The van der Waals surface area contributed by atoms with Gasteiger partial charge in [-0.3, -0.25) is 28.8 Å². The second-order valence-electron chi connectivity index (χ2n) is 18.0. The van der Waals surface area contributed by atoms with E-state index in [-0.39, 0.29) is 101 Å². The highest BCUT2D eigenvalue weighted by Crippen LogP contribution is 2.41. The molecule has 4 atom stereocenters. The maximum absolute atomic E-state index is 15.2. The van der Waals surface area contributed by atoms with Gasteiger partial charge in [-0.05, 0) is 48.2 Å². The summed E-state index contributed by atoms with van der Waals surface area (Å²) in [6.45, 7) is 8.12. The summed E-state index contributed by atoms with van der Waals surface area (Å²) < 4.78 is 53.3. The van der Waals surface area contributed by atoms with E-state index in [0.29, 0.717) is 30.8 Å². The molecule has 1 aromatic heterocycles. The molecule has 0 spiro atoms. The Balaban J connectivity index is 1.35. The Morgan fingerprint density at radius 1 is 0.773 bits per heavy atom. The zero-order chi connectivity index (χ0) is 55.3. The van der Waals surface area contributed by atoms with Gasteiger partial charge in [0.1, 0.15) is 29.0 Å². The summed E-state index contributed by atoms with van der Waals surface area (Å²) in [7, 11) is 0. The molecule has 2 aromatic carbocycles. The van der Waals surface area contributed by atoms with Gasteiger partial charge in [-0.15, -0.1) is 23.5 Å². The largest absolute Gasteiger partial charge is 0.480 e. The molecule has 0 saturated carbocycles. The van der Waals surface area contributed by atoms with Crippen LogP contribution in [0.15, 0.2) is 60.8 Å². The molecular weight excluding hydrogens is 1020 g/mol. The van der Waals surface area contributed by atoms with E-state index >= 15 is 4.39 Å². The maximum Gasteiger partial charge on any atom is 0.327 e. The monoisotopic (exact) mass is 1100 g/mol. The molecule has 10 N–H and O–H groups in total. The van der Waals surface area contributed by atoms with Gasteiger partial charge in [-0.2, -0.15) is 0 Å². The van der Waals surface area contributed by atoms with Gasteiger partial charge in [0.05, 0.1) is 71.2 Å². The number of nitrogens with two attached hydrogens (primary N) is 2. The van der Waals surface area contributed by atoms with Crippen LogP contribution >= 0.6 is 23.5 Å². The summed E-state index contributed by atoms with van der Waals surface area (Å²) in [5.41, 5.74) is 12.9. The number of hydrogen-bond acceptors (Lipinski definition) is 15. The number of halogens is 2. The number of carboxylic acids is 3. The first kappa shape index (κ1) is 63.6. The standard InChI is InChI=1S/C50H71F2N7O14S2/c1-50(2,3)46(40-24-34(36-25-35(51)10-11-37(36)52)29-58(40)28-33-8-5-4-6-9-33)59(15-7-13-53)45(63)32-74-31-39(48(66)67)57-42(60)12-16-70-18-20-72-22-23-73-21-19-71-17-14-55-44(62)27-56-43(61)26-41(49(68)69)75-30-38(54)47(64)65/h4-6,8-11,24-25,29,38-39,41,46H,7,12-23,26-28,30-32,53-54H2,1-3H3,(H,55,62)(H,56,61)(H,57,60)(H,64,65)(H,66,67)(H,68,69)/t38-,39-,41+,46-/m0/s1. The Kier molecular flexibility index (Phi) is 28.9. The van der Waals surface area contributed by atoms with Crippen LogP contribution < -0.4 is 27.4 Å². The predicted octanol–water partition coefficient (Wildman–Crippen LogP) is 2.73. The third-order valence-electron chi connectivity index (χ3n) is 10.9. The van der Waals surface area contributed by atoms with Crippen LogP contribution in [0, 0.1) is 17.0 Å². The number of hydrogen-bond donors (Lipinski definition) is 8. The third-order valence-corrected chi connectivity index (χ3v) is 13.2. The van der Waals surface area contributed by atoms with Crippen molar-refractivity contribution in [3.63, 3.8) is 0 Å². The molecule has 0 unspecified atom stereocenters. The molecule has 3 rings (SSSR count). The highest BCUT2D eigenvalue weighted by atomic mass is 32.2. The van der Waals surface area contributed by atoms with Crippen molar-refractivity contribution in [3.8, 4) is 11.1 Å². The van der Waals surface area contributed by atoms with E-state index in [1.165, 1.54) is 0 Å².